The maximum Gasteiger partial charge on any atom is 0.322 e. The second-order valence-electron chi connectivity index (χ2n) is 16.0. The molecule has 6 heteroatoms. The fourth-order valence-electron chi connectivity index (χ4n) is 6.87. The van der Waals surface area contributed by atoms with Gasteiger partial charge in [0.15, 0.2) is 0 Å². The van der Waals surface area contributed by atoms with E-state index in [1.165, 1.54) is 89.9 Å². The van der Waals surface area contributed by atoms with Crippen molar-refractivity contribution < 1.29 is 24.2 Å². The summed E-state index contributed by atoms with van der Waals surface area (Å²) in [6, 6.07) is 0. The zero-order chi connectivity index (χ0) is 42.3. The Bertz CT molecular complexity index is 1120. The highest BCUT2D eigenvalue weighted by atomic mass is 16.5. The highest BCUT2D eigenvalue weighted by Crippen LogP contribution is 2.19. The maximum absolute atomic E-state index is 12.8. The number of carboxylic acids is 1. The van der Waals surface area contributed by atoms with E-state index in [4.69, 9.17) is 9.84 Å². The average Bonchev–Trinajstić information content (AvgIpc) is 3.21. The molecule has 0 aromatic heterocycles. The molecule has 0 aliphatic heterocycles. The molecule has 0 heterocycles. The minimum Gasteiger partial charge on any atom is -0.480 e. The SMILES string of the molecule is CC/C=C\C/C=C\C/C=C\C/C=C\C/C=C\C/C=C\CCCCC(=O)OC(CCCCCCCCCCCCCCCCC)CCCCCCCC(=O)NCC(=O)O. The Morgan fingerprint density at radius 1 is 0.466 bits per heavy atom. The summed E-state index contributed by atoms with van der Waals surface area (Å²) in [7, 11) is 0. The Morgan fingerprint density at radius 3 is 1.28 bits per heavy atom. The molecule has 0 aromatic rings. The van der Waals surface area contributed by atoms with Crippen molar-refractivity contribution in [1.82, 2.24) is 5.32 Å². The molecule has 0 aromatic carbocycles. The second-order valence-corrected chi connectivity index (χ2v) is 16.0. The van der Waals surface area contributed by atoms with Crippen LogP contribution in [0.2, 0.25) is 0 Å². The number of aliphatic carboxylic acids is 1. The van der Waals surface area contributed by atoms with Crippen LogP contribution in [0.5, 0.6) is 0 Å². The second kappa shape index (κ2) is 46.5. The molecule has 1 amide bonds. The van der Waals surface area contributed by atoms with E-state index >= 15 is 0 Å². The molecule has 6 nitrogen and oxygen atoms in total. The highest BCUT2D eigenvalue weighted by Gasteiger charge is 2.14. The van der Waals surface area contributed by atoms with Gasteiger partial charge in [0.1, 0.15) is 12.6 Å². The third-order valence-electron chi connectivity index (χ3n) is 10.4. The molecule has 0 bridgehead atoms. The van der Waals surface area contributed by atoms with E-state index in [9.17, 15) is 14.4 Å². The van der Waals surface area contributed by atoms with Gasteiger partial charge in [-0.15, -0.1) is 0 Å². The van der Waals surface area contributed by atoms with Gasteiger partial charge < -0.3 is 15.2 Å². The van der Waals surface area contributed by atoms with Gasteiger partial charge in [-0.25, -0.2) is 0 Å². The van der Waals surface area contributed by atoms with Crippen molar-refractivity contribution in [3.63, 3.8) is 0 Å². The van der Waals surface area contributed by atoms with Crippen LogP contribution in [0.3, 0.4) is 0 Å². The molecule has 0 saturated heterocycles. The first-order chi connectivity index (χ1) is 28.5. The lowest BCUT2D eigenvalue weighted by Crippen LogP contribution is -2.28. The Kier molecular flexibility index (Phi) is 44.0. The lowest BCUT2D eigenvalue weighted by molar-refractivity contribution is -0.150. The van der Waals surface area contributed by atoms with Crippen molar-refractivity contribution in [2.75, 3.05) is 6.54 Å². The fourth-order valence-corrected chi connectivity index (χ4v) is 6.87. The summed E-state index contributed by atoms with van der Waals surface area (Å²) in [6.07, 6.45) is 63.2. The number of rotatable bonds is 43. The summed E-state index contributed by atoms with van der Waals surface area (Å²) in [6.45, 7) is 4.12. The van der Waals surface area contributed by atoms with E-state index < -0.39 is 5.97 Å². The van der Waals surface area contributed by atoms with Crippen LogP contribution in [0.25, 0.3) is 0 Å². The number of esters is 1. The first kappa shape index (κ1) is 54.9. The van der Waals surface area contributed by atoms with Crippen molar-refractivity contribution >= 4 is 17.8 Å². The van der Waals surface area contributed by atoms with Crippen molar-refractivity contribution in [3.8, 4) is 0 Å². The first-order valence-electron chi connectivity index (χ1n) is 24.1. The standard InChI is InChI=1S/C52H89NO5/c1-3-5-7-9-11-13-15-17-19-20-21-22-23-24-26-28-30-32-34-39-43-47-52(57)58-49(45-41-37-35-38-42-46-50(54)53-48-51(55)56)44-40-36-33-31-29-27-25-18-16-14-12-10-8-6-4-2/h5,7,11,13,17,19,21-22,24,26,30,32,49H,3-4,6,8-10,12,14-16,18,20,23,25,27-29,31,33-48H2,1-2H3,(H,53,54)(H,55,56)/b7-5-,13-11-,19-17-,22-21-,26-24-,32-30-. The number of amides is 1. The van der Waals surface area contributed by atoms with Gasteiger partial charge in [0.2, 0.25) is 5.91 Å². The number of carbonyl (C=O) groups is 3. The quantitative estimate of drug-likeness (QED) is 0.0364. The molecular formula is C52H89NO5. The van der Waals surface area contributed by atoms with Gasteiger partial charge in [-0.3, -0.25) is 14.4 Å². The monoisotopic (exact) mass is 808 g/mol. The van der Waals surface area contributed by atoms with Crippen LogP contribution in [-0.2, 0) is 19.1 Å². The largest absolute Gasteiger partial charge is 0.480 e. The predicted molar refractivity (Wildman–Crippen MR) is 249 cm³/mol. The van der Waals surface area contributed by atoms with Gasteiger partial charge in [-0.05, 0) is 89.9 Å². The van der Waals surface area contributed by atoms with E-state index in [2.05, 4.69) is 92.1 Å². The summed E-state index contributed by atoms with van der Waals surface area (Å²) in [5.41, 5.74) is 0. The van der Waals surface area contributed by atoms with E-state index in [-0.39, 0.29) is 24.5 Å². The number of hydrogen-bond donors (Lipinski definition) is 2. The molecule has 0 radical (unpaired) electrons. The number of nitrogens with one attached hydrogen (secondary N) is 1. The van der Waals surface area contributed by atoms with Crippen LogP contribution in [0.4, 0.5) is 0 Å². The van der Waals surface area contributed by atoms with Crippen LogP contribution in [0.1, 0.15) is 226 Å². The lowest BCUT2D eigenvalue weighted by atomic mass is 10.0. The van der Waals surface area contributed by atoms with Gasteiger partial charge in [0, 0.05) is 12.8 Å². The Labute approximate surface area is 357 Å². The van der Waals surface area contributed by atoms with E-state index in [0.717, 1.165) is 109 Å². The van der Waals surface area contributed by atoms with Crippen LogP contribution in [0.15, 0.2) is 72.9 Å². The molecule has 1 atom stereocenters. The molecule has 0 fully saturated rings. The molecule has 0 spiro atoms. The Balaban J connectivity index is 4.25. The van der Waals surface area contributed by atoms with Gasteiger partial charge >= 0.3 is 11.9 Å². The minimum atomic E-state index is -1.02. The number of allylic oxidation sites excluding steroid dienone is 12. The smallest absolute Gasteiger partial charge is 0.322 e. The third-order valence-corrected chi connectivity index (χ3v) is 10.4. The van der Waals surface area contributed by atoms with E-state index in [0.29, 0.717) is 12.8 Å². The zero-order valence-electron chi connectivity index (χ0n) is 37.6. The van der Waals surface area contributed by atoms with Gasteiger partial charge in [0.25, 0.3) is 0 Å². The molecule has 0 aliphatic rings. The molecule has 0 saturated carbocycles. The highest BCUT2D eigenvalue weighted by molar-refractivity contribution is 5.80. The van der Waals surface area contributed by atoms with Crippen LogP contribution >= 0.6 is 0 Å². The zero-order valence-corrected chi connectivity index (χ0v) is 37.6. The molecule has 0 aliphatic carbocycles. The molecule has 2 N–H and O–H groups in total. The summed E-state index contributed by atoms with van der Waals surface area (Å²) >= 11 is 0. The first-order valence-corrected chi connectivity index (χ1v) is 24.1. The summed E-state index contributed by atoms with van der Waals surface area (Å²) < 4.78 is 6.04. The normalized spacial score (nSPS) is 12.7. The van der Waals surface area contributed by atoms with Crippen molar-refractivity contribution in [3.05, 3.63) is 72.9 Å². The number of hydrogen-bond acceptors (Lipinski definition) is 4. The lowest BCUT2D eigenvalue weighted by Gasteiger charge is -2.18. The van der Waals surface area contributed by atoms with E-state index in [1.807, 2.05) is 0 Å². The summed E-state index contributed by atoms with van der Waals surface area (Å²) in [4.78, 5) is 35.2. The Hall–Kier alpha value is -3.15. The predicted octanol–water partition coefficient (Wildman–Crippen LogP) is 15.3. The molecular weight excluding hydrogens is 719 g/mol. The van der Waals surface area contributed by atoms with Crippen LogP contribution in [-0.4, -0.2) is 35.6 Å². The maximum atomic E-state index is 12.8. The van der Waals surface area contributed by atoms with Gasteiger partial charge in [0.05, 0.1) is 0 Å². The fraction of sp³-hybridized carbons (Fsp3) is 0.712. The number of unbranched alkanes of at least 4 members (excludes halogenated alkanes) is 20. The van der Waals surface area contributed by atoms with Crippen LogP contribution in [0, 0.1) is 0 Å². The number of carbonyl (C=O) groups excluding carboxylic acids is 2. The molecule has 1 unspecified atom stereocenters. The summed E-state index contributed by atoms with van der Waals surface area (Å²) in [5, 5.41) is 11.1. The van der Waals surface area contributed by atoms with Crippen molar-refractivity contribution in [1.29, 1.82) is 0 Å². The average molecular weight is 808 g/mol. The van der Waals surface area contributed by atoms with Crippen molar-refractivity contribution in [2.45, 2.75) is 232 Å². The number of carboxylic acid groups (broad SMARTS) is 1. The molecule has 0 rings (SSSR count). The topological polar surface area (TPSA) is 92.7 Å². The Morgan fingerprint density at radius 2 is 0.845 bits per heavy atom. The third kappa shape index (κ3) is 45.6. The number of ether oxygens (including phenoxy) is 1. The minimum absolute atomic E-state index is 0.000339. The van der Waals surface area contributed by atoms with Gasteiger partial charge in [-0.1, -0.05) is 196 Å². The molecule has 58 heavy (non-hydrogen) atoms. The van der Waals surface area contributed by atoms with Crippen molar-refractivity contribution in [2.24, 2.45) is 0 Å². The van der Waals surface area contributed by atoms with E-state index in [1.54, 1.807) is 0 Å². The summed E-state index contributed by atoms with van der Waals surface area (Å²) in [5.74, 6) is -1.27. The molecule has 332 valence electrons. The van der Waals surface area contributed by atoms with Gasteiger partial charge in [-0.2, -0.15) is 0 Å². The van der Waals surface area contributed by atoms with Crippen LogP contribution < -0.4 is 5.32 Å².